The third-order valence-corrected chi connectivity index (χ3v) is 15.6. The van der Waals surface area contributed by atoms with Crippen LogP contribution in [0.1, 0.15) is 98.0 Å². The van der Waals surface area contributed by atoms with Crippen molar-refractivity contribution in [2.75, 3.05) is 87.0 Å². The zero-order valence-electron chi connectivity index (χ0n) is 44.5. The number of rotatable bonds is 13. The van der Waals surface area contributed by atoms with Gasteiger partial charge in [0.05, 0.1) is 36.7 Å². The summed E-state index contributed by atoms with van der Waals surface area (Å²) in [6.07, 6.45) is 12.6. The van der Waals surface area contributed by atoms with Crippen LogP contribution in [0.3, 0.4) is 0 Å². The molecule has 1 saturated carbocycles. The molecule has 1 spiro atoms. The summed E-state index contributed by atoms with van der Waals surface area (Å²) in [5.74, 6) is 1.72. The summed E-state index contributed by atoms with van der Waals surface area (Å²) in [7, 11) is 11.7. The second kappa shape index (κ2) is 27.5. The molecular formula is C52H82BFN12O5S. The van der Waals surface area contributed by atoms with E-state index < -0.39 is 23.7 Å². The number of nitrogens with one attached hydrogen (secondary N) is 3. The van der Waals surface area contributed by atoms with Gasteiger partial charge >= 0.3 is 0 Å². The minimum absolute atomic E-state index is 0.0315. The molecule has 2 saturated heterocycles. The second-order valence-electron chi connectivity index (χ2n) is 18.7. The molecule has 17 nitrogen and oxygen atoms in total. The molecule has 5 N–H and O–H groups in total. The Morgan fingerprint density at radius 1 is 1.07 bits per heavy atom. The number of nitrogens with zero attached hydrogens (tertiary/aromatic N) is 9. The molecule has 7 atom stereocenters. The topological polar surface area (TPSA) is 188 Å². The number of aromatic nitrogens is 4. The molecule has 3 fully saturated rings. The van der Waals surface area contributed by atoms with Gasteiger partial charge in [0.15, 0.2) is 5.82 Å². The van der Waals surface area contributed by atoms with Crippen LogP contribution in [0.2, 0.25) is 6.82 Å². The number of amides is 3. The van der Waals surface area contributed by atoms with E-state index in [-0.39, 0.29) is 54.6 Å². The first-order valence-electron chi connectivity index (χ1n) is 26.2. The van der Waals surface area contributed by atoms with E-state index in [1.54, 1.807) is 34.8 Å². The number of hydrogen-bond donors (Lipinski definition) is 5. The monoisotopic (exact) mass is 1020 g/mol. The minimum atomic E-state index is -1.16. The number of aliphatic hydroxyl groups is 2. The Labute approximate surface area is 433 Å². The lowest BCUT2D eigenvalue weighted by molar-refractivity contribution is -0.121. The van der Waals surface area contributed by atoms with Crippen molar-refractivity contribution in [1.82, 2.24) is 39.6 Å². The van der Waals surface area contributed by atoms with Gasteiger partial charge in [0.1, 0.15) is 12.0 Å². The second-order valence-corrected chi connectivity index (χ2v) is 20.0. The first-order chi connectivity index (χ1) is 34.9. The molecule has 2 radical (unpaired) electrons. The van der Waals surface area contributed by atoms with Crippen molar-refractivity contribution in [3.63, 3.8) is 0 Å². The Hall–Kier alpha value is -4.76. The summed E-state index contributed by atoms with van der Waals surface area (Å²) in [4.78, 5) is 55.1. The molecule has 9 rings (SSSR count). The fourth-order valence-electron chi connectivity index (χ4n) is 10.4. The SMILES string of the molecule is CC.CC.CNC.CNC(=O)CCN(C=O)c1nn(C)c2cc(N3CCN([C@@H](C)C4CC(SN5CCC(Nc6ncc7c(n6)N(C6CCCC=C(O)C6)C(=O)C76CC6)C(F)C5)C=C[C@H]4O)CC3)ccc12.[B]C. The number of hydrogen-bond acceptors (Lipinski definition) is 14. The van der Waals surface area contributed by atoms with Crippen LogP contribution in [-0.2, 0) is 26.8 Å². The number of aliphatic hydroxyl groups excluding tert-OH is 2. The molecule has 5 unspecified atom stereocenters. The number of allylic oxidation sites excluding steroid dienone is 1. The van der Waals surface area contributed by atoms with Gasteiger partial charge in [-0.2, -0.15) is 10.1 Å². The summed E-state index contributed by atoms with van der Waals surface area (Å²) in [5, 5.41) is 35.8. The maximum Gasteiger partial charge on any atom is 0.239 e. The number of benzene rings is 1. The van der Waals surface area contributed by atoms with Gasteiger partial charge in [-0.05, 0) is 90.2 Å². The maximum absolute atomic E-state index is 16.0. The highest BCUT2D eigenvalue weighted by molar-refractivity contribution is 7.97. The molecule has 5 heterocycles. The van der Waals surface area contributed by atoms with Crippen molar-refractivity contribution < 1.29 is 29.0 Å². The number of carbonyl (C=O) groups excluding carboxylic acids is 3. The molecule has 0 bridgehead atoms. The largest absolute Gasteiger partial charge is 0.513 e. The zero-order chi connectivity index (χ0) is 52.7. The molecule has 396 valence electrons. The molecular weight excluding hydrogens is 935 g/mol. The Morgan fingerprint density at radius 2 is 1.78 bits per heavy atom. The van der Waals surface area contributed by atoms with Crippen LogP contribution in [0.15, 0.2) is 48.4 Å². The maximum atomic E-state index is 16.0. The van der Waals surface area contributed by atoms with Crippen molar-refractivity contribution in [3.05, 3.63) is 53.9 Å². The van der Waals surface area contributed by atoms with E-state index in [0.717, 1.165) is 93.3 Å². The van der Waals surface area contributed by atoms with Crippen LogP contribution in [0.4, 0.5) is 27.7 Å². The Bertz CT molecular complexity index is 2290. The Kier molecular flexibility index (Phi) is 22.2. The van der Waals surface area contributed by atoms with Crippen LogP contribution in [0, 0.1) is 5.92 Å². The lowest BCUT2D eigenvalue weighted by Gasteiger charge is -2.44. The molecule has 3 aliphatic carbocycles. The number of fused-ring (bicyclic) bond motifs is 3. The van der Waals surface area contributed by atoms with Crippen molar-refractivity contribution in [2.45, 2.75) is 140 Å². The van der Waals surface area contributed by atoms with Crippen molar-refractivity contribution in [2.24, 2.45) is 13.0 Å². The third kappa shape index (κ3) is 13.3. The predicted molar refractivity (Wildman–Crippen MR) is 292 cm³/mol. The van der Waals surface area contributed by atoms with Gasteiger partial charge in [-0.1, -0.05) is 58.6 Å². The van der Waals surface area contributed by atoms with Crippen molar-refractivity contribution in [1.29, 1.82) is 0 Å². The van der Waals surface area contributed by atoms with Crippen LogP contribution >= 0.6 is 11.9 Å². The number of carbonyl (C=O) groups is 3. The average Bonchev–Trinajstić information content (AvgIpc) is 4.15. The van der Waals surface area contributed by atoms with Gasteiger partial charge in [0.25, 0.3) is 0 Å². The van der Waals surface area contributed by atoms with Crippen LogP contribution in [0.25, 0.3) is 10.9 Å². The lowest BCUT2D eigenvalue weighted by Crippen LogP contribution is -2.53. The number of aryl methyl sites for hydroxylation is 1. The smallest absolute Gasteiger partial charge is 0.239 e. The number of alkyl halides is 1. The van der Waals surface area contributed by atoms with Crippen LogP contribution < -0.4 is 30.7 Å². The lowest BCUT2D eigenvalue weighted by atomic mass is 9.85. The number of anilines is 4. The third-order valence-electron chi connectivity index (χ3n) is 14.3. The quantitative estimate of drug-likeness (QED) is 0.0556. The minimum Gasteiger partial charge on any atom is -0.513 e. The normalized spacial score (nSPS) is 24.8. The van der Waals surface area contributed by atoms with Gasteiger partial charge in [0.2, 0.25) is 24.2 Å². The van der Waals surface area contributed by atoms with Crippen LogP contribution in [-0.4, -0.2) is 168 Å². The fraction of sp³-hybridized carbons (Fsp3) is 0.654. The van der Waals surface area contributed by atoms with E-state index in [2.05, 4.69) is 73.1 Å². The number of piperazine rings is 1. The molecule has 2 aromatic heterocycles. The highest BCUT2D eigenvalue weighted by Gasteiger charge is 2.61. The molecule has 3 aliphatic heterocycles. The highest BCUT2D eigenvalue weighted by Crippen LogP contribution is 2.57. The van der Waals surface area contributed by atoms with Gasteiger partial charge in [-0.3, -0.25) is 33.8 Å². The first-order valence-corrected chi connectivity index (χ1v) is 27.0. The van der Waals surface area contributed by atoms with Gasteiger partial charge in [0, 0.05) is 119 Å². The summed E-state index contributed by atoms with van der Waals surface area (Å²) in [5.41, 5.74) is 2.28. The summed E-state index contributed by atoms with van der Waals surface area (Å²) in [6.45, 7) is 16.2. The summed E-state index contributed by atoms with van der Waals surface area (Å²) < 4.78 is 19.9. The van der Waals surface area contributed by atoms with E-state index in [1.807, 2.05) is 67.1 Å². The molecule has 3 amide bonds. The van der Waals surface area contributed by atoms with E-state index in [4.69, 9.17) is 4.98 Å². The fourth-order valence-corrected chi connectivity index (χ4v) is 11.7. The predicted octanol–water partition coefficient (Wildman–Crippen LogP) is 6.30. The van der Waals surface area contributed by atoms with Gasteiger partial charge < -0.3 is 31.1 Å². The van der Waals surface area contributed by atoms with Crippen molar-refractivity contribution >= 4 is 72.2 Å². The number of halogens is 1. The molecule has 72 heavy (non-hydrogen) atoms. The van der Waals surface area contributed by atoms with Gasteiger partial charge in [-0.25, -0.2) is 13.7 Å². The van der Waals surface area contributed by atoms with E-state index in [1.165, 1.54) is 11.7 Å². The Balaban J connectivity index is 0.00000101. The molecule has 1 aromatic carbocycles. The first kappa shape index (κ1) is 58.1. The molecule has 20 heteroatoms. The van der Waals surface area contributed by atoms with E-state index in [9.17, 15) is 24.6 Å². The molecule has 6 aliphatic rings. The highest BCUT2D eigenvalue weighted by atomic mass is 32.2. The summed E-state index contributed by atoms with van der Waals surface area (Å²) in [6, 6.07) is 5.68. The molecule has 3 aromatic rings. The van der Waals surface area contributed by atoms with E-state index in [0.29, 0.717) is 42.7 Å². The van der Waals surface area contributed by atoms with E-state index >= 15 is 4.39 Å². The zero-order valence-corrected chi connectivity index (χ0v) is 45.3. The average molecular weight is 1020 g/mol. The Morgan fingerprint density at radius 3 is 2.43 bits per heavy atom. The van der Waals surface area contributed by atoms with Crippen LogP contribution in [0.5, 0.6) is 0 Å². The van der Waals surface area contributed by atoms with Gasteiger partial charge in [-0.15, -0.1) is 0 Å². The standard InChI is InChI=1S/C45H60FN11O5S.C2H7N.2C2H6.CH3B/c1-28(53-18-20-54(21-19-53)29-8-10-33-38(23-29)52(3)51-41(33)55(27-58)16-13-40(61)47-2)34-24-32(9-11-39(34)60)63-56-17-12-37(36(46)26-56)49-44-48-25-35-42(50-44)57(43(62)45(35)14-15-45)30-6-4-5-7-31(59)22-30;1-3-2;3*1-2/h7-11,23,25,27-28,30,32,34,36-37,39,59-60H,4-6,12-22,24,26H2,1-3H3,(H,47,61)(H,48,49,50);3H,1-2H3;2*1-2H3;1H3/t28-,30?,32?,34?,36?,37?,39+;;;;/m0..../s1. The number of piperidine rings is 1. The summed E-state index contributed by atoms with van der Waals surface area (Å²) >= 11 is 1.67. The van der Waals surface area contributed by atoms with Crippen molar-refractivity contribution in [3.8, 4) is 0 Å².